The largest absolute Gasteiger partial charge is 0.373 e. The number of ketones is 2. The van der Waals surface area contributed by atoms with Crippen LogP contribution in [-0.2, 0) is 14.3 Å². The van der Waals surface area contributed by atoms with Gasteiger partial charge < -0.3 is 4.74 Å². The van der Waals surface area contributed by atoms with Crippen LogP contribution >= 0.6 is 0 Å². The number of hydrogen-bond acceptors (Lipinski definition) is 3. The van der Waals surface area contributed by atoms with Crippen molar-refractivity contribution >= 4 is 11.6 Å². The summed E-state index contributed by atoms with van der Waals surface area (Å²) in [7, 11) is 0. The summed E-state index contributed by atoms with van der Waals surface area (Å²) in [6, 6.07) is 0. The van der Waals surface area contributed by atoms with Gasteiger partial charge in [0, 0.05) is 6.42 Å². The Morgan fingerprint density at radius 1 is 1.55 bits per heavy atom. The number of Topliss-reactive ketones (excluding diaryl/α,β-unsaturated/α-hetero) is 2. The van der Waals surface area contributed by atoms with Crippen LogP contribution in [0.3, 0.4) is 0 Å². The van der Waals surface area contributed by atoms with Gasteiger partial charge in [0.15, 0.2) is 0 Å². The van der Waals surface area contributed by atoms with Crippen LogP contribution in [0.25, 0.3) is 0 Å². The van der Waals surface area contributed by atoms with Crippen molar-refractivity contribution in [3.8, 4) is 0 Å². The zero-order valence-electron chi connectivity index (χ0n) is 6.63. The highest BCUT2D eigenvalue weighted by Crippen LogP contribution is 2.15. The third-order valence-corrected chi connectivity index (χ3v) is 1.59. The number of epoxide rings is 1. The molecule has 1 saturated heterocycles. The first kappa shape index (κ1) is 8.40. The fourth-order valence-corrected chi connectivity index (χ4v) is 0.923. The first-order valence-electron chi connectivity index (χ1n) is 3.81. The SMILES string of the molecule is CC(=O)CC(=O)CCC1CO1. The summed E-state index contributed by atoms with van der Waals surface area (Å²) in [6.45, 7) is 2.22. The van der Waals surface area contributed by atoms with Crippen LogP contribution in [0.5, 0.6) is 0 Å². The van der Waals surface area contributed by atoms with E-state index in [1.807, 2.05) is 0 Å². The molecule has 1 unspecified atom stereocenters. The quantitative estimate of drug-likeness (QED) is 0.435. The summed E-state index contributed by atoms with van der Waals surface area (Å²) in [5, 5.41) is 0. The van der Waals surface area contributed by atoms with E-state index in [2.05, 4.69) is 0 Å². The molecule has 1 heterocycles. The van der Waals surface area contributed by atoms with Gasteiger partial charge in [0.2, 0.25) is 0 Å². The molecular weight excluding hydrogens is 144 g/mol. The van der Waals surface area contributed by atoms with Crippen molar-refractivity contribution < 1.29 is 14.3 Å². The second-order valence-corrected chi connectivity index (χ2v) is 2.91. The highest BCUT2D eigenvalue weighted by Gasteiger charge is 2.22. The third-order valence-electron chi connectivity index (χ3n) is 1.59. The van der Waals surface area contributed by atoms with Crippen LogP contribution < -0.4 is 0 Å². The molecule has 1 atom stereocenters. The van der Waals surface area contributed by atoms with Gasteiger partial charge in [-0.15, -0.1) is 0 Å². The normalized spacial score (nSPS) is 21.4. The summed E-state index contributed by atoms with van der Waals surface area (Å²) in [5.41, 5.74) is 0. The number of carbonyl (C=O) groups is 2. The van der Waals surface area contributed by atoms with Crippen molar-refractivity contribution in [1.82, 2.24) is 0 Å². The van der Waals surface area contributed by atoms with Gasteiger partial charge in [-0.25, -0.2) is 0 Å². The van der Waals surface area contributed by atoms with Gasteiger partial charge in [0.1, 0.15) is 11.6 Å². The van der Waals surface area contributed by atoms with Crippen molar-refractivity contribution in [2.45, 2.75) is 32.3 Å². The fraction of sp³-hybridized carbons (Fsp3) is 0.750. The fourth-order valence-electron chi connectivity index (χ4n) is 0.923. The molecule has 3 nitrogen and oxygen atoms in total. The first-order chi connectivity index (χ1) is 5.18. The van der Waals surface area contributed by atoms with Gasteiger partial charge in [-0.3, -0.25) is 9.59 Å². The van der Waals surface area contributed by atoms with E-state index in [1.165, 1.54) is 6.92 Å². The van der Waals surface area contributed by atoms with Crippen LogP contribution in [-0.4, -0.2) is 24.3 Å². The molecule has 0 aromatic heterocycles. The average molecular weight is 156 g/mol. The Labute approximate surface area is 65.7 Å². The van der Waals surface area contributed by atoms with Crippen LogP contribution in [0.1, 0.15) is 26.2 Å². The van der Waals surface area contributed by atoms with Crippen molar-refractivity contribution in [2.24, 2.45) is 0 Å². The third kappa shape index (κ3) is 3.88. The van der Waals surface area contributed by atoms with Gasteiger partial charge in [-0.2, -0.15) is 0 Å². The topological polar surface area (TPSA) is 46.7 Å². The second-order valence-electron chi connectivity index (χ2n) is 2.91. The summed E-state index contributed by atoms with van der Waals surface area (Å²) < 4.78 is 4.93. The van der Waals surface area contributed by atoms with Crippen LogP contribution in [0, 0.1) is 0 Å². The lowest BCUT2D eigenvalue weighted by atomic mass is 10.1. The molecule has 0 aliphatic carbocycles. The average Bonchev–Trinajstić information content (AvgIpc) is 2.63. The predicted molar refractivity (Wildman–Crippen MR) is 39.3 cm³/mol. The highest BCUT2D eigenvalue weighted by atomic mass is 16.6. The van der Waals surface area contributed by atoms with Gasteiger partial charge in [0.25, 0.3) is 0 Å². The maximum Gasteiger partial charge on any atom is 0.140 e. The van der Waals surface area contributed by atoms with E-state index in [4.69, 9.17) is 4.74 Å². The number of rotatable bonds is 5. The first-order valence-corrected chi connectivity index (χ1v) is 3.81. The lowest BCUT2D eigenvalue weighted by Crippen LogP contribution is -2.05. The van der Waals surface area contributed by atoms with Crippen LogP contribution in [0.2, 0.25) is 0 Å². The summed E-state index contributed by atoms with van der Waals surface area (Å²) >= 11 is 0. The zero-order valence-corrected chi connectivity index (χ0v) is 6.63. The Kier molecular flexibility index (Phi) is 2.76. The van der Waals surface area contributed by atoms with E-state index in [1.54, 1.807) is 0 Å². The standard InChI is InChI=1S/C8H12O3/c1-6(9)4-7(10)2-3-8-5-11-8/h8H,2-5H2,1H3. The molecule has 0 radical (unpaired) electrons. The Hall–Kier alpha value is -0.700. The molecule has 0 saturated carbocycles. The van der Waals surface area contributed by atoms with Gasteiger partial charge in [-0.1, -0.05) is 0 Å². The lowest BCUT2D eigenvalue weighted by Gasteiger charge is -1.93. The maximum atomic E-state index is 10.9. The molecule has 11 heavy (non-hydrogen) atoms. The van der Waals surface area contributed by atoms with E-state index in [0.29, 0.717) is 12.5 Å². The van der Waals surface area contributed by atoms with Crippen molar-refractivity contribution in [3.63, 3.8) is 0 Å². The lowest BCUT2D eigenvalue weighted by molar-refractivity contribution is -0.125. The molecule has 1 aliphatic rings. The molecule has 1 fully saturated rings. The minimum Gasteiger partial charge on any atom is -0.373 e. The molecule has 0 aromatic rings. The van der Waals surface area contributed by atoms with Crippen LogP contribution in [0.15, 0.2) is 0 Å². The van der Waals surface area contributed by atoms with Crippen LogP contribution in [0.4, 0.5) is 0 Å². The highest BCUT2D eigenvalue weighted by molar-refractivity contribution is 5.97. The zero-order chi connectivity index (χ0) is 8.27. The van der Waals surface area contributed by atoms with Crippen molar-refractivity contribution in [1.29, 1.82) is 0 Å². The minimum atomic E-state index is -0.0493. The minimum absolute atomic E-state index is 0.0352. The molecule has 3 heteroatoms. The summed E-state index contributed by atoms with van der Waals surface area (Å²) in [4.78, 5) is 21.4. The smallest absolute Gasteiger partial charge is 0.140 e. The Morgan fingerprint density at radius 3 is 2.64 bits per heavy atom. The van der Waals surface area contributed by atoms with E-state index >= 15 is 0 Å². The molecular formula is C8H12O3. The maximum absolute atomic E-state index is 10.9. The number of ether oxygens (including phenoxy) is 1. The molecule has 62 valence electrons. The van der Waals surface area contributed by atoms with Crippen molar-refractivity contribution in [3.05, 3.63) is 0 Å². The molecule has 0 amide bonds. The molecule has 0 spiro atoms. The molecule has 0 aromatic carbocycles. The molecule has 0 N–H and O–H groups in total. The second kappa shape index (κ2) is 3.62. The van der Waals surface area contributed by atoms with E-state index < -0.39 is 0 Å². The number of carbonyl (C=O) groups excluding carboxylic acids is 2. The van der Waals surface area contributed by atoms with Crippen molar-refractivity contribution in [2.75, 3.05) is 6.61 Å². The summed E-state index contributed by atoms with van der Waals surface area (Å²) in [5.74, 6) is -0.0142. The predicted octanol–water partition coefficient (Wildman–Crippen LogP) is 0.714. The molecule has 0 bridgehead atoms. The summed E-state index contributed by atoms with van der Waals surface area (Å²) in [6.07, 6.45) is 1.66. The monoisotopic (exact) mass is 156 g/mol. The van der Waals surface area contributed by atoms with Gasteiger partial charge in [-0.05, 0) is 13.3 Å². The number of hydrogen-bond donors (Lipinski definition) is 0. The Balaban J connectivity index is 2.04. The molecule has 1 rings (SSSR count). The van der Waals surface area contributed by atoms with Gasteiger partial charge in [0.05, 0.1) is 19.1 Å². The Morgan fingerprint density at radius 2 is 2.18 bits per heavy atom. The Bertz CT molecular complexity index is 170. The van der Waals surface area contributed by atoms with E-state index in [-0.39, 0.29) is 18.0 Å². The van der Waals surface area contributed by atoms with Gasteiger partial charge >= 0.3 is 0 Å². The van der Waals surface area contributed by atoms with E-state index in [0.717, 1.165) is 13.0 Å². The molecule has 1 aliphatic heterocycles. The van der Waals surface area contributed by atoms with E-state index in [9.17, 15) is 9.59 Å².